The summed E-state index contributed by atoms with van der Waals surface area (Å²) in [5, 5.41) is 10.8. The molecule has 1 aliphatic heterocycles. The molecule has 1 N–H and O–H groups in total. The lowest BCUT2D eigenvalue weighted by Crippen LogP contribution is -2.26. The molecule has 3 atom stereocenters. The smallest absolute Gasteiger partial charge is 0.365 e. The molecule has 0 spiro atoms. The Kier molecular flexibility index (Phi) is 6.16. The third-order valence-electron chi connectivity index (χ3n) is 6.58. The molecule has 5 rings (SSSR count). The Labute approximate surface area is 199 Å². The van der Waals surface area contributed by atoms with Gasteiger partial charge in [-0.3, -0.25) is 9.88 Å². The van der Waals surface area contributed by atoms with Crippen LogP contribution in [0, 0.1) is 17.7 Å². The zero-order valence-corrected chi connectivity index (χ0v) is 18.8. The fraction of sp³-hybridized carbons (Fsp3) is 0.375. The van der Waals surface area contributed by atoms with Crippen LogP contribution in [0.5, 0.6) is 0 Å². The summed E-state index contributed by atoms with van der Waals surface area (Å²) >= 11 is 6.05. The molecular weight excluding hydrogens is 470 g/mol. The van der Waals surface area contributed by atoms with Gasteiger partial charge in [-0.2, -0.15) is 13.2 Å². The first kappa shape index (κ1) is 23.0. The summed E-state index contributed by atoms with van der Waals surface area (Å²) in [6, 6.07) is 10.1. The van der Waals surface area contributed by atoms with Gasteiger partial charge in [-0.15, -0.1) is 10.2 Å². The van der Waals surface area contributed by atoms with Crippen molar-refractivity contribution in [3.05, 3.63) is 70.8 Å². The number of nitrogens with one attached hydrogen (secondary N) is 1. The van der Waals surface area contributed by atoms with Crippen LogP contribution in [-0.2, 0) is 12.7 Å². The highest BCUT2D eigenvalue weighted by Gasteiger charge is 2.42. The van der Waals surface area contributed by atoms with E-state index < -0.39 is 17.6 Å². The van der Waals surface area contributed by atoms with Gasteiger partial charge in [-0.25, -0.2) is 4.39 Å². The number of nitrogens with zero attached hydrogens (tertiary/aromatic N) is 4. The molecule has 1 saturated heterocycles. The summed E-state index contributed by atoms with van der Waals surface area (Å²) in [5.41, 5.74) is 0.0119. The van der Waals surface area contributed by atoms with Crippen molar-refractivity contribution in [3.63, 3.8) is 0 Å². The second-order valence-electron chi connectivity index (χ2n) is 8.96. The lowest BCUT2D eigenvalue weighted by Gasteiger charge is -2.21. The highest BCUT2D eigenvalue weighted by molar-refractivity contribution is 6.33. The van der Waals surface area contributed by atoms with Crippen LogP contribution in [0.15, 0.2) is 48.7 Å². The van der Waals surface area contributed by atoms with E-state index >= 15 is 0 Å². The standard InChI is InChI=1S/C24H22ClF4N5/c25-21-5-4-16(26)9-19(21)22-10-20(24(27,28)29)23(33-32-22)31-18-7-14-11-34(12-15(14)8-18)13-17-3-1-2-6-30-17/h1-6,9-10,14-15,18H,7-8,11-13H2,(H,31,33)/t14-,15+,18+. The normalized spacial score (nSPS) is 22.7. The van der Waals surface area contributed by atoms with E-state index in [-0.39, 0.29) is 28.1 Å². The number of alkyl halides is 3. The topological polar surface area (TPSA) is 53.9 Å². The minimum atomic E-state index is -4.65. The van der Waals surface area contributed by atoms with Crippen molar-refractivity contribution in [3.8, 4) is 11.3 Å². The van der Waals surface area contributed by atoms with E-state index in [9.17, 15) is 17.6 Å². The number of hydrogen-bond acceptors (Lipinski definition) is 5. The van der Waals surface area contributed by atoms with Gasteiger partial charge in [0.05, 0.1) is 16.4 Å². The number of anilines is 1. The van der Waals surface area contributed by atoms with Gasteiger partial charge < -0.3 is 5.32 Å². The minimum absolute atomic E-state index is 0.0645. The summed E-state index contributed by atoms with van der Waals surface area (Å²) < 4.78 is 55.2. The molecule has 0 amide bonds. The van der Waals surface area contributed by atoms with Crippen molar-refractivity contribution in [2.45, 2.75) is 31.6 Å². The van der Waals surface area contributed by atoms with Crippen molar-refractivity contribution in [1.29, 1.82) is 0 Å². The molecule has 2 fully saturated rings. The molecule has 1 saturated carbocycles. The molecule has 178 valence electrons. The maximum atomic E-state index is 13.9. The zero-order valence-electron chi connectivity index (χ0n) is 18.1. The molecular formula is C24H22ClF4N5. The van der Waals surface area contributed by atoms with Crippen molar-refractivity contribution in [2.75, 3.05) is 18.4 Å². The largest absolute Gasteiger partial charge is 0.420 e. The minimum Gasteiger partial charge on any atom is -0.365 e. The second-order valence-corrected chi connectivity index (χ2v) is 9.37. The first-order chi connectivity index (χ1) is 16.3. The second kappa shape index (κ2) is 9.11. The monoisotopic (exact) mass is 491 g/mol. The molecule has 1 aromatic carbocycles. The summed E-state index contributed by atoms with van der Waals surface area (Å²) in [5.74, 6) is -0.103. The van der Waals surface area contributed by atoms with Gasteiger partial charge in [0.25, 0.3) is 0 Å². The highest BCUT2D eigenvalue weighted by Crippen LogP contribution is 2.42. The van der Waals surface area contributed by atoms with Crippen LogP contribution in [-0.4, -0.2) is 39.2 Å². The number of hydrogen-bond donors (Lipinski definition) is 1. The maximum absolute atomic E-state index is 13.9. The lowest BCUT2D eigenvalue weighted by molar-refractivity contribution is -0.137. The van der Waals surface area contributed by atoms with Crippen LogP contribution in [0.1, 0.15) is 24.1 Å². The quantitative estimate of drug-likeness (QED) is 0.466. The van der Waals surface area contributed by atoms with Gasteiger partial charge >= 0.3 is 6.18 Å². The third-order valence-corrected chi connectivity index (χ3v) is 6.91. The number of fused-ring (bicyclic) bond motifs is 1. The Bertz CT molecular complexity index is 1160. The molecule has 3 aromatic rings. The van der Waals surface area contributed by atoms with Crippen LogP contribution in [0.25, 0.3) is 11.3 Å². The average Bonchev–Trinajstić information content (AvgIpc) is 3.33. The van der Waals surface area contributed by atoms with E-state index in [4.69, 9.17) is 11.6 Å². The van der Waals surface area contributed by atoms with E-state index in [0.717, 1.165) is 56.4 Å². The number of pyridine rings is 1. The average molecular weight is 492 g/mol. The number of aromatic nitrogens is 3. The van der Waals surface area contributed by atoms with Crippen LogP contribution in [0.3, 0.4) is 0 Å². The van der Waals surface area contributed by atoms with Crippen LogP contribution in [0.2, 0.25) is 5.02 Å². The summed E-state index contributed by atoms with van der Waals surface area (Å²) in [6.45, 7) is 2.57. The lowest BCUT2D eigenvalue weighted by atomic mass is 10.0. The van der Waals surface area contributed by atoms with Gasteiger partial charge in [0.15, 0.2) is 5.82 Å². The van der Waals surface area contributed by atoms with Crippen molar-refractivity contribution in [2.24, 2.45) is 11.8 Å². The Morgan fingerprint density at radius 2 is 1.79 bits per heavy atom. The molecule has 10 heteroatoms. The molecule has 5 nitrogen and oxygen atoms in total. The fourth-order valence-electron chi connectivity index (χ4n) is 5.10. The molecule has 0 unspecified atom stereocenters. The predicted molar refractivity (Wildman–Crippen MR) is 121 cm³/mol. The molecule has 2 aromatic heterocycles. The molecule has 34 heavy (non-hydrogen) atoms. The van der Waals surface area contributed by atoms with Gasteiger partial charge in [0, 0.05) is 37.4 Å². The van der Waals surface area contributed by atoms with Crippen LogP contribution in [0.4, 0.5) is 23.4 Å². The molecule has 1 aliphatic carbocycles. The Hall–Kier alpha value is -2.78. The summed E-state index contributed by atoms with van der Waals surface area (Å²) in [4.78, 5) is 6.73. The fourth-order valence-corrected chi connectivity index (χ4v) is 5.31. The van der Waals surface area contributed by atoms with Crippen molar-refractivity contribution >= 4 is 17.4 Å². The van der Waals surface area contributed by atoms with Gasteiger partial charge in [0.1, 0.15) is 11.4 Å². The molecule has 2 aliphatic rings. The molecule has 3 heterocycles. The van der Waals surface area contributed by atoms with Gasteiger partial charge in [0.2, 0.25) is 0 Å². The van der Waals surface area contributed by atoms with E-state index in [1.54, 1.807) is 6.20 Å². The van der Waals surface area contributed by atoms with Crippen molar-refractivity contribution < 1.29 is 17.6 Å². The maximum Gasteiger partial charge on any atom is 0.420 e. The first-order valence-electron chi connectivity index (χ1n) is 11.1. The third kappa shape index (κ3) is 4.86. The van der Waals surface area contributed by atoms with E-state index in [1.807, 2.05) is 18.2 Å². The summed E-state index contributed by atoms with van der Waals surface area (Å²) in [6.07, 6.45) is -1.35. The van der Waals surface area contributed by atoms with Crippen LogP contribution >= 0.6 is 11.6 Å². The van der Waals surface area contributed by atoms with Gasteiger partial charge in [-0.1, -0.05) is 17.7 Å². The number of likely N-dealkylation sites (tertiary alicyclic amines) is 1. The predicted octanol–water partition coefficient (Wildman–Crippen LogP) is 5.67. The van der Waals surface area contributed by atoms with Gasteiger partial charge in [-0.05, 0) is 61.1 Å². The zero-order chi connectivity index (χ0) is 23.9. The Balaban J connectivity index is 1.29. The number of benzene rings is 1. The molecule has 0 bridgehead atoms. The number of halogens is 5. The van der Waals surface area contributed by atoms with Crippen molar-refractivity contribution in [1.82, 2.24) is 20.1 Å². The van der Waals surface area contributed by atoms with E-state index in [2.05, 4.69) is 25.4 Å². The first-order valence-corrected chi connectivity index (χ1v) is 11.4. The Morgan fingerprint density at radius 1 is 1.03 bits per heavy atom. The number of rotatable bonds is 5. The summed E-state index contributed by atoms with van der Waals surface area (Å²) in [7, 11) is 0. The van der Waals surface area contributed by atoms with E-state index in [1.165, 1.54) is 6.07 Å². The Morgan fingerprint density at radius 3 is 2.47 bits per heavy atom. The SMILES string of the molecule is Fc1ccc(Cl)c(-c2cc(C(F)(F)F)c(N[C@H]3C[C@@H]4CN(Cc5ccccn5)C[C@@H]4C3)nn2)c1. The molecule has 0 radical (unpaired) electrons. The van der Waals surface area contributed by atoms with E-state index in [0.29, 0.717) is 11.8 Å². The highest BCUT2D eigenvalue weighted by atomic mass is 35.5. The van der Waals surface area contributed by atoms with Crippen LogP contribution < -0.4 is 5.32 Å².